The first-order valence-corrected chi connectivity index (χ1v) is 16.5. The summed E-state index contributed by atoms with van der Waals surface area (Å²) in [4.78, 5) is 0. The predicted octanol–water partition coefficient (Wildman–Crippen LogP) is 5.26. The van der Waals surface area contributed by atoms with Gasteiger partial charge in [0.05, 0.1) is 26.9 Å². The van der Waals surface area contributed by atoms with Gasteiger partial charge >= 0.3 is 15.6 Å². The zero-order valence-corrected chi connectivity index (χ0v) is 26.3. The van der Waals surface area contributed by atoms with Crippen LogP contribution in [-0.2, 0) is 18.7 Å². The fourth-order valence-corrected chi connectivity index (χ4v) is 10.2. The van der Waals surface area contributed by atoms with Crippen LogP contribution in [0.5, 0.6) is 23.0 Å². The lowest BCUT2D eigenvalue weighted by Gasteiger charge is -2.44. The second kappa shape index (κ2) is 12.1. The van der Waals surface area contributed by atoms with E-state index in [1.54, 1.807) is 0 Å². The average Bonchev–Trinajstić information content (AvgIpc) is 3.12. The highest BCUT2D eigenvalue weighted by Crippen LogP contribution is 2.50. The van der Waals surface area contributed by atoms with Crippen LogP contribution in [0.1, 0.15) is 26.3 Å². The van der Waals surface area contributed by atoms with Crippen LogP contribution in [0, 0.1) is 0 Å². The van der Waals surface area contributed by atoms with E-state index in [9.17, 15) is 21.6 Å². The van der Waals surface area contributed by atoms with E-state index in [0.717, 1.165) is 10.4 Å². The normalized spacial score (nSPS) is 15.8. The molecule has 4 rings (SSSR count). The molecular weight excluding hydrogens is 605 g/mol. The summed E-state index contributed by atoms with van der Waals surface area (Å²) in [5, 5.41) is 1.29. The Morgan fingerprint density at radius 3 is 1.81 bits per heavy atom. The summed E-state index contributed by atoms with van der Waals surface area (Å²) < 4.78 is 99.5. The number of alkyl halides is 3. The number of fused-ring (bicyclic) bond motifs is 1. The van der Waals surface area contributed by atoms with Crippen molar-refractivity contribution in [3.63, 3.8) is 0 Å². The molecular formula is C30H33F3O8SSi. The van der Waals surface area contributed by atoms with E-state index >= 15 is 0 Å². The lowest BCUT2D eigenvalue weighted by atomic mass is 10.1. The van der Waals surface area contributed by atoms with Gasteiger partial charge in [-0.3, -0.25) is 0 Å². The van der Waals surface area contributed by atoms with Gasteiger partial charge in [-0.15, -0.1) is 0 Å². The molecule has 3 aromatic rings. The first kappa shape index (κ1) is 32.2. The fourth-order valence-electron chi connectivity index (χ4n) is 5.15. The number of halogens is 3. The van der Waals surface area contributed by atoms with Crippen LogP contribution in [0.25, 0.3) is 5.76 Å². The molecule has 0 amide bonds. The Bertz CT molecular complexity index is 1530. The monoisotopic (exact) mass is 638 g/mol. The summed E-state index contributed by atoms with van der Waals surface area (Å²) in [7, 11) is -5.41. The van der Waals surface area contributed by atoms with Crippen molar-refractivity contribution in [2.45, 2.75) is 37.4 Å². The van der Waals surface area contributed by atoms with E-state index in [0.29, 0.717) is 0 Å². The SMILES string of the molecule is COc1cc2c(c(OC)c1OC)OC[C@H](O[Si](c1ccccc1)(c1ccccc1)C(C)(C)C)C=C2OS(=O)(=O)C(F)(F)F. The topological polar surface area (TPSA) is 89.5 Å². The fraction of sp³-hybridized carbons (Fsp3) is 0.333. The molecule has 0 radical (unpaired) electrons. The van der Waals surface area contributed by atoms with E-state index < -0.39 is 40.8 Å². The molecule has 13 heteroatoms. The number of benzene rings is 3. The van der Waals surface area contributed by atoms with Crippen molar-refractivity contribution < 1.29 is 49.1 Å². The molecule has 3 aromatic carbocycles. The van der Waals surface area contributed by atoms with Crippen molar-refractivity contribution in [1.82, 2.24) is 0 Å². The van der Waals surface area contributed by atoms with E-state index in [4.69, 9.17) is 27.6 Å². The van der Waals surface area contributed by atoms with Gasteiger partial charge in [0.1, 0.15) is 12.7 Å². The van der Waals surface area contributed by atoms with Crippen molar-refractivity contribution in [2.75, 3.05) is 27.9 Å². The van der Waals surface area contributed by atoms with Crippen LogP contribution < -0.4 is 29.3 Å². The molecule has 0 spiro atoms. The number of hydrogen-bond donors (Lipinski definition) is 0. The Kier molecular flexibility index (Phi) is 9.10. The summed E-state index contributed by atoms with van der Waals surface area (Å²) in [6.45, 7) is 5.86. The minimum absolute atomic E-state index is 0.0261. The van der Waals surface area contributed by atoms with Crippen LogP contribution in [0.3, 0.4) is 0 Å². The number of methoxy groups -OCH3 is 3. The quantitative estimate of drug-likeness (QED) is 0.178. The maximum atomic E-state index is 13.6. The Balaban J connectivity index is 1.97. The van der Waals surface area contributed by atoms with Crippen molar-refractivity contribution >= 4 is 34.6 Å². The van der Waals surface area contributed by atoms with Crippen LogP contribution >= 0.6 is 0 Å². The Labute approximate surface area is 250 Å². The zero-order chi connectivity index (χ0) is 31.6. The summed E-state index contributed by atoms with van der Waals surface area (Å²) >= 11 is 0. The molecule has 43 heavy (non-hydrogen) atoms. The smallest absolute Gasteiger partial charge is 0.493 e. The van der Waals surface area contributed by atoms with Crippen LogP contribution in [0.4, 0.5) is 13.2 Å². The summed E-state index contributed by atoms with van der Waals surface area (Å²) in [6.07, 6.45) is 0.124. The Morgan fingerprint density at radius 1 is 0.837 bits per heavy atom. The Morgan fingerprint density at radius 2 is 1.37 bits per heavy atom. The first-order valence-electron chi connectivity index (χ1n) is 13.2. The molecule has 0 aliphatic carbocycles. The Hall–Kier alpha value is -3.68. The van der Waals surface area contributed by atoms with Crippen molar-refractivity contribution in [1.29, 1.82) is 0 Å². The molecule has 0 unspecified atom stereocenters. The third-order valence-electron chi connectivity index (χ3n) is 7.01. The van der Waals surface area contributed by atoms with Crippen LogP contribution in [-0.4, -0.2) is 56.3 Å². The summed E-state index contributed by atoms with van der Waals surface area (Å²) in [5.74, 6) is -0.647. The van der Waals surface area contributed by atoms with Crippen molar-refractivity contribution in [2.24, 2.45) is 0 Å². The average molecular weight is 639 g/mol. The van der Waals surface area contributed by atoms with Gasteiger partial charge in [0.25, 0.3) is 8.32 Å². The molecule has 0 saturated carbocycles. The van der Waals surface area contributed by atoms with Crippen LogP contribution in [0.15, 0.2) is 72.8 Å². The molecule has 0 saturated heterocycles. The second-order valence-corrected chi connectivity index (χ2v) is 16.5. The number of hydrogen-bond acceptors (Lipinski definition) is 8. The van der Waals surface area contributed by atoms with Gasteiger partial charge in [-0.2, -0.15) is 21.6 Å². The van der Waals surface area contributed by atoms with Gasteiger partial charge < -0.3 is 27.6 Å². The van der Waals surface area contributed by atoms with Gasteiger partial charge in [-0.1, -0.05) is 81.4 Å². The molecule has 0 fully saturated rings. The van der Waals surface area contributed by atoms with E-state index in [2.05, 4.69) is 0 Å². The standard InChI is InChI=1S/C30H33F3O8SSi/c1-29(2,3)43(21-13-9-7-10-14-21,22-15-11-8-12-16-22)41-20-17-24(40-42(34,35)30(31,32)33)23-18-25(36-4)27(37-5)28(38-6)26(23)39-19-20/h7-18,20H,19H2,1-6H3/t20-/m1/s1. The van der Waals surface area contributed by atoms with Gasteiger partial charge in [-0.25, -0.2) is 0 Å². The third-order valence-corrected chi connectivity index (χ3v) is 13.0. The van der Waals surface area contributed by atoms with Gasteiger partial charge in [0.15, 0.2) is 17.3 Å². The predicted molar refractivity (Wildman–Crippen MR) is 158 cm³/mol. The lowest BCUT2D eigenvalue weighted by Crippen LogP contribution is -2.68. The van der Waals surface area contributed by atoms with Gasteiger partial charge in [-0.05, 0) is 27.6 Å². The lowest BCUT2D eigenvalue weighted by molar-refractivity contribution is -0.0509. The molecule has 232 valence electrons. The second-order valence-electron chi connectivity index (χ2n) is 10.7. The van der Waals surface area contributed by atoms with Gasteiger partial charge in [0.2, 0.25) is 11.5 Å². The highest BCUT2D eigenvalue weighted by molar-refractivity contribution is 7.87. The molecule has 8 nitrogen and oxygen atoms in total. The van der Waals surface area contributed by atoms with Crippen LogP contribution in [0.2, 0.25) is 5.04 Å². The molecule has 1 aliphatic heterocycles. The highest BCUT2D eigenvalue weighted by Gasteiger charge is 2.53. The highest BCUT2D eigenvalue weighted by atomic mass is 32.2. The van der Waals surface area contributed by atoms with Crippen molar-refractivity contribution in [3.8, 4) is 23.0 Å². The maximum Gasteiger partial charge on any atom is 0.534 e. The van der Waals surface area contributed by atoms with Crippen molar-refractivity contribution in [3.05, 3.63) is 78.4 Å². The third kappa shape index (κ3) is 6.06. The molecule has 0 N–H and O–H groups in total. The molecule has 1 atom stereocenters. The van der Waals surface area contributed by atoms with Gasteiger partial charge in [0, 0.05) is 0 Å². The summed E-state index contributed by atoms with van der Waals surface area (Å²) in [6, 6.07) is 20.4. The van der Waals surface area contributed by atoms with E-state index in [1.807, 2.05) is 81.4 Å². The molecule has 0 aromatic heterocycles. The minimum atomic E-state index is -6.09. The number of rotatable bonds is 9. The molecule has 1 heterocycles. The minimum Gasteiger partial charge on any atom is -0.493 e. The first-order chi connectivity index (χ1) is 20.2. The largest absolute Gasteiger partial charge is 0.534 e. The van der Waals surface area contributed by atoms with E-state index in [1.165, 1.54) is 33.5 Å². The summed E-state index contributed by atoms with van der Waals surface area (Å²) in [5.41, 5.74) is -5.85. The molecule has 1 aliphatic rings. The van der Waals surface area contributed by atoms with E-state index in [-0.39, 0.29) is 35.2 Å². The maximum absolute atomic E-state index is 13.6. The molecule has 0 bridgehead atoms. The zero-order valence-electron chi connectivity index (χ0n) is 24.5. The number of ether oxygens (including phenoxy) is 4.